The summed E-state index contributed by atoms with van der Waals surface area (Å²) in [4.78, 5) is 6.19. The molecule has 0 radical (unpaired) electrons. The molecule has 0 aromatic carbocycles. The number of anilines is 1. The van der Waals surface area contributed by atoms with Crippen molar-refractivity contribution < 1.29 is 14.7 Å². The molecule has 0 fully saturated rings. The molecule has 21 heavy (non-hydrogen) atoms. The Morgan fingerprint density at radius 2 is 1.90 bits per heavy atom. The highest BCUT2D eigenvalue weighted by atomic mass is 16.5. The van der Waals surface area contributed by atoms with Crippen LogP contribution in [0.4, 0.5) is 5.69 Å². The van der Waals surface area contributed by atoms with Crippen molar-refractivity contribution in [2.45, 2.75) is 13.8 Å². The highest BCUT2D eigenvalue weighted by molar-refractivity contribution is 6.02. The maximum absolute atomic E-state index is 8.90. The van der Waals surface area contributed by atoms with Crippen molar-refractivity contribution in [2.24, 2.45) is 10.9 Å². The molecule has 3 N–H and O–H groups in total. The molecule has 0 saturated carbocycles. The van der Waals surface area contributed by atoms with Gasteiger partial charge in [-0.1, -0.05) is 5.16 Å². The van der Waals surface area contributed by atoms with Crippen LogP contribution in [0.25, 0.3) is 0 Å². The van der Waals surface area contributed by atoms with Crippen molar-refractivity contribution >= 4 is 11.5 Å². The van der Waals surface area contributed by atoms with Crippen LogP contribution in [0.5, 0.6) is 0 Å². The summed E-state index contributed by atoms with van der Waals surface area (Å²) in [6.45, 7) is 7.78. The lowest BCUT2D eigenvalue weighted by Crippen LogP contribution is -2.33. The molecule has 0 spiro atoms. The molecular formula is C14H24N4O3. The summed E-state index contributed by atoms with van der Waals surface area (Å²) in [7, 11) is 0. The van der Waals surface area contributed by atoms with Crippen LogP contribution >= 0.6 is 0 Å². The zero-order chi connectivity index (χ0) is 15.5. The van der Waals surface area contributed by atoms with E-state index in [9.17, 15) is 0 Å². The minimum absolute atomic E-state index is 0.0604. The Hall–Kier alpha value is -1.86. The van der Waals surface area contributed by atoms with Crippen LogP contribution in [-0.2, 0) is 9.47 Å². The molecule has 0 unspecified atom stereocenters. The number of hydrogen-bond acceptors (Lipinski definition) is 6. The largest absolute Gasteiger partial charge is 0.409 e. The number of nitrogens with zero attached hydrogens (tertiary/aromatic N) is 3. The van der Waals surface area contributed by atoms with Gasteiger partial charge in [-0.2, -0.15) is 0 Å². The van der Waals surface area contributed by atoms with Crippen molar-refractivity contribution in [3.63, 3.8) is 0 Å². The number of pyridine rings is 1. The topological polar surface area (TPSA) is 93.2 Å². The van der Waals surface area contributed by atoms with E-state index in [0.29, 0.717) is 45.1 Å². The predicted molar refractivity (Wildman–Crippen MR) is 81.9 cm³/mol. The van der Waals surface area contributed by atoms with Crippen LogP contribution in [0.1, 0.15) is 19.4 Å². The van der Waals surface area contributed by atoms with E-state index in [1.165, 1.54) is 0 Å². The summed E-state index contributed by atoms with van der Waals surface area (Å²) in [5.74, 6) is 0.0604. The number of oxime groups is 1. The van der Waals surface area contributed by atoms with Gasteiger partial charge in [0, 0.05) is 38.1 Å². The minimum Gasteiger partial charge on any atom is -0.409 e. The van der Waals surface area contributed by atoms with Crippen molar-refractivity contribution in [3.05, 3.63) is 24.0 Å². The summed E-state index contributed by atoms with van der Waals surface area (Å²) in [6, 6.07) is 1.72. The van der Waals surface area contributed by atoms with Crippen LogP contribution < -0.4 is 10.6 Å². The first kappa shape index (κ1) is 17.2. The SMILES string of the molecule is CCOCCN(CCOCC)c1cnccc1/C(N)=N/O. The molecule has 118 valence electrons. The quantitative estimate of drug-likeness (QED) is 0.220. The van der Waals surface area contributed by atoms with E-state index >= 15 is 0 Å². The lowest BCUT2D eigenvalue weighted by Gasteiger charge is -2.26. The molecule has 0 bridgehead atoms. The summed E-state index contributed by atoms with van der Waals surface area (Å²) >= 11 is 0. The number of amidine groups is 1. The Labute approximate surface area is 125 Å². The van der Waals surface area contributed by atoms with Gasteiger partial charge in [0.1, 0.15) is 0 Å². The average molecular weight is 296 g/mol. The molecule has 1 rings (SSSR count). The van der Waals surface area contributed by atoms with Gasteiger partial charge in [-0.15, -0.1) is 0 Å². The number of ether oxygens (including phenoxy) is 2. The molecule has 0 amide bonds. The lowest BCUT2D eigenvalue weighted by atomic mass is 10.2. The lowest BCUT2D eigenvalue weighted by molar-refractivity contribution is 0.141. The molecule has 0 saturated heterocycles. The smallest absolute Gasteiger partial charge is 0.172 e. The van der Waals surface area contributed by atoms with Crippen LogP contribution in [0.3, 0.4) is 0 Å². The first-order valence-corrected chi connectivity index (χ1v) is 7.06. The fourth-order valence-corrected chi connectivity index (χ4v) is 1.90. The molecule has 7 nitrogen and oxygen atoms in total. The number of rotatable bonds is 10. The van der Waals surface area contributed by atoms with Gasteiger partial charge in [0.25, 0.3) is 0 Å². The molecule has 1 aromatic rings. The van der Waals surface area contributed by atoms with Gasteiger partial charge in [0.2, 0.25) is 0 Å². The first-order chi connectivity index (χ1) is 10.2. The Balaban J connectivity index is 2.89. The van der Waals surface area contributed by atoms with Crippen molar-refractivity contribution in [1.29, 1.82) is 0 Å². The van der Waals surface area contributed by atoms with Gasteiger partial charge in [-0.3, -0.25) is 4.98 Å². The number of hydrogen-bond donors (Lipinski definition) is 2. The summed E-state index contributed by atoms with van der Waals surface area (Å²) in [5.41, 5.74) is 7.16. The zero-order valence-corrected chi connectivity index (χ0v) is 12.7. The average Bonchev–Trinajstić information content (AvgIpc) is 2.53. The predicted octanol–water partition coefficient (Wildman–Crippen LogP) is 1.06. The molecule has 7 heteroatoms. The monoisotopic (exact) mass is 296 g/mol. The van der Waals surface area contributed by atoms with Crippen molar-refractivity contribution in [3.8, 4) is 0 Å². The van der Waals surface area contributed by atoms with Crippen molar-refractivity contribution in [1.82, 2.24) is 4.98 Å². The fourth-order valence-electron chi connectivity index (χ4n) is 1.90. The standard InChI is InChI=1S/C14H24N4O3/c1-3-20-9-7-18(8-10-21-4-2)13-11-16-6-5-12(13)14(15)17-19/h5-6,11,19H,3-4,7-10H2,1-2H3,(H2,15,17). The summed E-state index contributed by atoms with van der Waals surface area (Å²) in [5, 5.41) is 12.0. The molecule has 0 aliphatic rings. The molecular weight excluding hydrogens is 272 g/mol. The zero-order valence-electron chi connectivity index (χ0n) is 12.7. The Morgan fingerprint density at radius 3 is 2.43 bits per heavy atom. The van der Waals surface area contributed by atoms with Crippen LogP contribution in [-0.4, -0.2) is 55.5 Å². The van der Waals surface area contributed by atoms with E-state index < -0.39 is 0 Å². The molecule has 0 atom stereocenters. The number of nitrogens with two attached hydrogens (primary N) is 1. The molecule has 0 aliphatic carbocycles. The second-order valence-electron chi connectivity index (χ2n) is 4.26. The van der Waals surface area contributed by atoms with Crippen molar-refractivity contribution in [2.75, 3.05) is 44.4 Å². The highest BCUT2D eigenvalue weighted by Gasteiger charge is 2.14. The van der Waals surface area contributed by atoms with E-state index in [1.807, 2.05) is 13.8 Å². The normalized spacial score (nSPS) is 11.6. The Morgan fingerprint density at radius 1 is 1.29 bits per heavy atom. The first-order valence-electron chi connectivity index (χ1n) is 7.06. The van der Waals surface area contributed by atoms with Crippen LogP contribution in [0.15, 0.2) is 23.6 Å². The third kappa shape index (κ3) is 5.57. The van der Waals surface area contributed by atoms with E-state index in [2.05, 4.69) is 15.0 Å². The van der Waals surface area contributed by atoms with E-state index in [0.717, 1.165) is 5.69 Å². The van der Waals surface area contributed by atoms with Gasteiger partial charge in [-0.25, -0.2) is 0 Å². The van der Waals surface area contributed by atoms with E-state index in [1.54, 1.807) is 18.5 Å². The Kier molecular flexibility index (Phi) is 8.15. The Bertz CT molecular complexity index is 430. The second kappa shape index (κ2) is 9.95. The minimum atomic E-state index is 0.0604. The fraction of sp³-hybridized carbons (Fsp3) is 0.571. The van der Waals surface area contributed by atoms with Crippen LogP contribution in [0, 0.1) is 0 Å². The molecule has 1 heterocycles. The third-order valence-electron chi connectivity index (χ3n) is 2.94. The van der Waals surface area contributed by atoms with Crippen LogP contribution in [0.2, 0.25) is 0 Å². The van der Waals surface area contributed by atoms with Gasteiger partial charge in [0.05, 0.1) is 25.1 Å². The maximum atomic E-state index is 8.90. The van der Waals surface area contributed by atoms with Gasteiger partial charge in [-0.05, 0) is 19.9 Å². The maximum Gasteiger partial charge on any atom is 0.172 e. The third-order valence-corrected chi connectivity index (χ3v) is 2.94. The number of aromatic nitrogens is 1. The summed E-state index contributed by atoms with van der Waals surface area (Å²) in [6.07, 6.45) is 3.31. The highest BCUT2D eigenvalue weighted by Crippen LogP contribution is 2.18. The van der Waals surface area contributed by atoms with E-state index in [-0.39, 0.29) is 5.84 Å². The van der Waals surface area contributed by atoms with Gasteiger partial charge >= 0.3 is 0 Å². The molecule has 0 aliphatic heterocycles. The molecule has 1 aromatic heterocycles. The van der Waals surface area contributed by atoms with E-state index in [4.69, 9.17) is 20.4 Å². The van der Waals surface area contributed by atoms with Gasteiger partial charge in [0.15, 0.2) is 5.84 Å². The summed E-state index contributed by atoms with van der Waals surface area (Å²) < 4.78 is 10.8. The van der Waals surface area contributed by atoms with Gasteiger partial charge < -0.3 is 25.3 Å². The second-order valence-corrected chi connectivity index (χ2v) is 4.26.